The largest absolute Gasteiger partial charge is 0.381 e. The molecule has 0 aliphatic heterocycles. The van der Waals surface area contributed by atoms with Gasteiger partial charge in [0.15, 0.2) is 5.78 Å². The number of Topliss-reactive ketones (excluding diaryl/α,β-unsaturated/α-hetero) is 1. The summed E-state index contributed by atoms with van der Waals surface area (Å²) >= 11 is 0. The van der Waals surface area contributed by atoms with Crippen molar-refractivity contribution >= 4 is 11.6 Å². The molecule has 0 aromatic heterocycles. The van der Waals surface area contributed by atoms with Crippen LogP contribution in [0.5, 0.6) is 0 Å². The first-order chi connectivity index (χ1) is 15.2. The van der Waals surface area contributed by atoms with Crippen LogP contribution in [0.1, 0.15) is 64.9 Å². The molecule has 3 heteroatoms. The number of hydrogen-bond acceptors (Lipinski definition) is 3. The van der Waals surface area contributed by atoms with Gasteiger partial charge in [0.05, 0.1) is 5.70 Å². The predicted molar refractivity (Wildman–Crippen MR) is 130 cm³/mol. The highest BCUT2D eigenvalue weighted by molar-refractivity contribution is 6.20. The third-order valence-corrected chi connectivity index (χ3v) is 8.85. The Hall–Kier alpha value is -2.42. The summed E-state index contributed by atoms with van der Waals surface area (Å²) in [6.07, 6.45) is 10.4. The van der Waals surface area contributed by atoms with Gasteiger partial charge in [0.25, 0.3) is 0 Å². The topological polar surface area (TPSA) is 46.2 Å². The van der Waals surface area contributed by atoms with Gasteiger partial charge in [-0.15, -0.1) is 0 Å². The number of hydrogen-bond donors (Lipinski definition) is 1. The lowest BCUT2D eigenvalue weighted by Crippen LogP contribution is -2.50. The van der Waals surface area contributed by atoms with E-state index in [-0.39, 0.29) is 22.4 Å². The molecule has 0 spiro atoms. The van der Waals surface area contributed by atoms with Crippen molar-refractivity contribution in [1.29, 1.82) is 0 Å². The average Bonchev–Trinajstić information content (AvgIpc) is 2.77. The van der Waals surface area contributed by atoms with E-state index in [0.29, 0.717) is 36.1 Å². The number of rotatable bonds is 6. The molecule has 3 nitrogen and oxygen atoms in total. The van der Waals surface area contributed by atoms with Crippen LogP contribution >= 0.6 is 0 Å². The van der Waals surface area contributed by atoms with Gasteiger partial charge in [-0.05, 0) is 79.3 Å². The van der Waals surface area contributed by atoms with Gasteiger partial charge in [-0.3, -0.25) is 9.59 Å². The van der Waals surface area contributed by atoms with Gasteiger partial charge in [-0.2, -0.15) is 0 Å². The van der Waals surface area contributed by atoms with Crippen LogP contribution in [-0.2, 0) is 16.0 Å². The standard InChI is InChI=1S/C29H37NO2/c1-20-9-8-12-26-28(20,3)15-13-21(2)29(26,4)19-23-17-24(31)18-25(27(23)32)30-16-14-22-10-6-5-7-11-22/h5-7,10-11,17-18,21,26,30H,1,8-9,12-16,19H2,2-4H3/t21-,26+,28+,29+/m0/s1. The van der Waals surface area contributed by atoms with E-state index in [1.165, 1.54) is 36.5 Å². The number of benzene rings is 1. The maximum Gasteiger partial charge on any atom is 0.205 e. The molecule has 1 aromatic rings. The van der Waals surface area contributed by atoms with Crippen molar-refractivity contribution < 1.29 is 9.59 Å². The van der Waals surface area contributed by atoms with Crippen LogP contribution in [0.4, 0.5) is 0 Å². The van der Waals surface area contributed by atoms with E-state index in [1.807, 2.05) is 18.2 Å². The molecule has 170 valence electrons. The minimum Gasteiger partial charge on any atom is -0.381 e. The smallest absolute Gasteiger partial charge is 0.205 e. The number of fused-ring (bicyclic) bond motifs is 1. The normalized spacial score (nSPS) is 32.8. The third kappa shape index (κ3) is 4.14. The first-order valence-corrected chi connectivity index (χ1v) is 12.2. The molecule has 2 fully saturated rings. The molecule has 0 saturated heterocycles. The molecule has 2 saturated carbocycles. The maximum atomic E-state index is 13.4. The number of carbonyl (C=O) groups excluding carboxylic acids is 2. The highest BCUT2D eigenvalue weighted by atomic mass is 16.1. The summed E-state index contributed by atoms with van der Waals surface area (Å²) in [5.41, 5.74) is 3.86. The lowest BCUT2D eigenvalue weighted by Gasteiger charge is -2.59. The monoisotopic (exact) mass is 431 g/mol. The second kappa shape index (κ2) is 8.84. The molecule has 0 bridgehead atoms. The minimum absolute atomic E-state index is 0.00648. The quantitative estimate of drug-likeness (QED) is 0.446. The second-order valence-corrected chi connectivity index (χ2v) is 10.7. The molecule has 3 aliphatic carbocycles. The Morgan fingerprint density at radius 2 is 1.84 bits per heavy atom. The van der Waals surface area contributed by atoms with Gasteiger partial charge in [-0.25, -0.2) is 0 Å². The Bertz CT molecular complexity index is 972. The summed E-state index contributed by atoms with van der Waals surface area (Å²) in [5.74, 6) is 0.928. The van der Waals surface area contributed by atoms with E-state index in [1.54, 1.807) is 6.08 Å². The SMILES string of the molecule is C=C1CCC[C@H]2[C@](C)(CC3=CC(=O)C=C(NCCc4ccccc4)C3=O)[C@@H](C)CC[C@]12C. The van der Waals surface area contributed by atoms with Gasteiger partial charge < -0.3 is 5.32 Å². The number of allylic oxidation sites excluding steroid dienone is 4. The lowest BCUT2D eigenvalue weighted by molar-refractivity contribution is -0.116. The van der Waals surface area contributed by atoms with Gasteiger partial charge in [-0.1, -0.05) is 63.3 Å². The van der Waals surface area contributed by atoms with E-state index in [9.17, 15) is 9.59 Å². The zero-order chi connectivity index (χ0) is 22.9. The van der Waals surface area contributed by atoms with Crippen molar-refractivity contribution in [1.82, 2.24) is 5.32 Å². The van der Waals surface area contributed by atoms with Gasteiger partial charge in [0.2, 0.25) is 5.78 Å². The van der Waals surface area contributed by atoms with Crippen molar-refractivity contribution in [3.63, 3.8) is 0 Å². The summed E-state index contributed by atoms with van der Waals surface area (Å²) < 4.78 is 0. The Kier molecular flexibility index (Phi) is 6.29. The van der Waals surface area contributed by atoms with Gasteiger partial charge in [0.1, 0.15) is 0 Å². The number of nitrogens with one attached hydrogen (secondary N) is 1. The minimum atomic E-state index is -0.0790. The van der Waals surface area contributed by atoms with E-state index < -0.39 is 0 Å². The van der Waals surface area contributed by atoms with Gasteiger partial charge >= 0.3 is 0 Å². The molecule has 0 heterocycles. The summed E-state index contributed by atoms with van der Waals surface area (Å²) in [4.78, 5) is 25.9. The average molecular weight is 432 g/mol. The van der Waals surface area contributed by atoms with Crippen LogP contribution in [0.25, 0.3) is 0 Å². The summed E-state index contributed by atoms with van der Waals surface area (Å²) in [6.45, 7) is 12.2. The molecule has 32 heavy (non-hydrogen) atoms. The zero-order valence-electron chi connectivity index (χ0n) is 19.9. The van der Waals surface area contributed by atoms with Crippen molar-refractivity contribution in [2.75, 3.05) is 6.54 Å². The first kappa shape index (κ1) is 22.8. The second-order valence-electron chi connectivity index (χ2n) is 10.7. The molecular formula is C29H37NO2. The number of carbonyl (C=O) groups is 2. The maximum absolute atomic E-state index is 13.4. The zero-order valence-corrected chi connectivity index (χ0v) is 19.9. The van der Waals surface area contributed by atoms with E-state index >= 15 is 0 Å². The number of ketones is 2. The highest BCUT2D eigenvalue weighted by Gasteiger charge is 2.54. The molecule has 0 radical (unpaired) electrons. The van der Waals surface area contributed by atoms with E-state index in [2.05, 4.69) is 44.8 Å². The van der Waals surface area contributed by atoms with Crippen molar-refractivity contribution in [2.24, 2.45) is 22.7 Å². The first-order valence-electron chi connectivity index (χ1n) is 12.2. The van der Waals surface area contributed by atoms with Crippen LogP contribution in [0.2, 0.25) is 0 Å². The van der Waals surface area contributed by atoms with Crippen molar-refractivity contribution in [2.45, 2.75) is 65.7 Å². The van der Waals surface area contributed by atoms with Crippen molar-refractivity contribution in [3.8, 4) is 0 Å². The molecule has 4 rings (SSSR count). The molecular weight excluding hydrogens is 394 g/mol. The lowest BCUT2D eigenvalue weighted by atomic mass is 9.46. The van der Waals surface area contributed by atoms with E-state index in [4.69, 9.17) is 0 Å². The van der Waals surface area contributed by atoms with Gasteiger partial charge in [0, 0.05) is 18.2 Å². The molecule has 3 aliphatic rings. The summed E-state index contributed by atoms with van der Waals surface area (Å²) in [6, 6.07) is 10.2. The fourth-order valence-corrected chi connectivity index (χ4v) is 6.58. The predicted octanol–water partition coefficient (Wildman–Crippen LogP) is 5.97. The van der Waals surface area contributed by atoms with Crippen LogP contribution in [0, 0.1) is 22.7 Å². The fraction of sp³-hybridized carbons (Fsp3) is 0.517. The molecule has 1 aromatic carbocycles. The third-order valence-electron chi connectivity index (χ3n) is 8.85. The van der Waals surface area contributed by atoms with Crippen LogP contribution in [-0.4, -0.2) is 18.1 Å². The fourth-order valence-electron chi connectivity index (χ4n) is 6.58. The van der Waals surface area contributed by atoms with Crippen LogP contribution in [0.15, 0.2) is 65.9 Å². The summed E-state index contributed by atoms with van der Waals surface area (Å²) in [5, 5.41) is 3.25. The Morgan fingerprint density at radius 3 is 2.59 bits per heavy atom. The van der Waals surface area contributed by atoms with Crippen LogP contribution in [0.3, 0.4) is 0 Å². The molecule has 4 atom stereocenters. The molecule has 0 amide bonds. The molecule has 0 unspecified atom stereocenters. The highest BCUT2D eigenvalue weighted by Crippen LogP contribution is 2.63. The Labute approximate surface area is 193 Å². The van der Waals surface area contributed by atoms with E-state index in [0.717, 1.165) is 19.3 Å². The Morgan fingerprint density at radius 1 is 1.09 bits per heavy atom. The van der Waals surface area contributed by atoms with Crippen molar-refractivity contribution in [3.05, 3.63) is 71.5 Å². The Balaban J connectivity index is 1.49. The molecule has 1 N–H and O–H groups in total. The van der Waals surface area contributed by atoms with Crippen LogP contribution < -0.4 is 5.32 Å². The summed E-state index contributed by atoms with van der Waals surface area (Å²) in [7, 11) is 0.